The molecule has 0 aliphatic heterocycles. The van der Waals surface area contributed by atoms with Crippen molar-refractivity contribution in [3.8, 4) is 0 Å². The minimum absolute atomic E-state index is 0.0622. The normalized spacial score (nSPS) is 21.2. The number of aliphatic hydroxyl groups is 1. The largest absolute Gasteiger partial charge is 0.389 e. The minimum Gasteiger partial charge on any atom is -0.389 e. The van der Waals surface area contributed by atoms with Crippen molar-refractivity contribution in [3.05, 3.63) is 40.3 Å². The van der Waals surface area contributed by atoms with Gasteiger partial charge in [0, 0.05) is 29.7 Å². The fourth-order valence-electron chi connectivity index (χ4n) is 3.73. The highest BCUT2D eigenvalue weighted by molar-refractivity contribution is 9.09. The van der Waals surface area contributed by atoms with Crippen LogP contribution in [0.5, 0.6) is 0 Å². The highest BCUT2D eigenvalue weighted by Crippen LogP contribution is 2.44. The first-order valence-electron chi connectivity index (χ1n) is 9.69. The van der Waals surface area contributed by atoms with Gasteiger partial charge in [-0.25, -0.2) is 4.39 Å². The summed E-state index contributed by atoms with van der Waals surface area (Å²) < 4.78 is 14.9. The lowest BCUT2D eigenvalue weighted by Crippen LogP contribution is -2.28. The van der Waals surface area contributed by atoms with Crippen molar-refractivity contribution in [1.29, 1.82) is 0 Å². The van der Waals surface area contributed by atoms with E-state index in [4.69, 9.17) is 17.3 Å². The first kappa shape index (κ1) is 23.4. The molecule has 6 nitrogen and oxygen atoms in total. The van der Waals surface area contributed by atoms with Gasteiger partial charge in [-0.3, -0.25) is 9.48 Å². The van der Waals surface area contributed by atoms with Crippen LogP contribution in [0.25, 0.3) is 0 Å². The topological polar surface area (TPSA) is 93.2 Å². The Labute approximate surface area is 192 Å². The highest BCUT2D eigenvalue weighted by atomic mass is 79.9. The molecule has 1 fully saturated rings. The molecule has 10 heteroatoms. The fraction of sp³-hybridized carbons (Fsp3) is 0.500. The van der Waals surface area contributed by atoms with Gasteiger partial charge in [-0.2, -0.15) is 16.9 Å². The lowest BCUT2D eigenvalue weighted by molar-refractivity contribution is 0.0714. The van der Waals surface area contributed by atoms with E-state index in [9.17, 15) is 14.3 Å². The number of halogens is 3. The summed E-state index contributed by atoms with van der Waals surface area (Å²) in [6, 6.07) is 3.97. The quantitative estimate of drug-likeness (QED) is 0.351. The number of nitrogens with zero attached hydrogens (tertiary/aromatic N) is 2. The number of benzene rings is 1. The van der Waals surface area contributed by atoms with Crippen LogP contribution >= 0.6 is 39.3 Å². The molecule has 3 rings (SSSR count). The molecule has 1 aliphatic carbocycles. The first-order chi connectivity index (χ1) is 14.2. The second-order valence-electron chi connectivity index (χ2n) is 7.61. The van der Waals surface area contributed by atoms with Gasteiger partial charge in [0.1, 0.15) is 17.2 Å². The summed E-state index contributed by atoms with van der Waals surface area (Å²) in [5.74, 6) is 0.846. The molecule has 0 radical (unpaired) electrons. The Balaban J connectivity index is 1.76. The predicted molar refractivity (Wildman–Crippen MR) is 124 cm³/mol. The number of amides is 1. The van der Waals surface area contributed by atoms with Crippen molar-refractivity contribution in [1.82, 2.24) is 9.78 Å². The number of aryl methyl sites for hydroxylation is 1. The molecular weight excluding hydrogens is 495 g/mol. The number of nitrogens with two attached hydrogens (primary N) is 1. The highest BCUT2D eigenvalue weighted by Gasteiger charge is 2.41. The van der Waals surface area contributed by atoms with Crippen LogP contribution in [0.3, 0.4) is 0 Å². The van der Waals surface area contributed by atoms with Crippen LogP contribution in [0.15, 0.2) is 18.2 Å². The average molecular weight is 520 g/mol. The summed E-state index contributed by atoms with van der Waals surface area (Å²) in [4.78, 5) is 13.0. The molecule has 0 spiro atoms. The van der Waals surface area contributed by atoms with Gasteiger partial charge in [0.05, 0.1) is 16.3 Å². The van der Waals surface area contributed by atoms with E-state index in [0.29, 0.717) is 35.5 Å². The molecule has 164 valence electrons. The van der Waals surface area contributed by atoms with Crippen molar-refractivity contribution in [2.45, 2.75) is 37.2 Å². The van der Waals surface area contributed by atoms with Gasteiger partial charge in [0.15, 0.2) is 0 Å². The zero-order valence-corrected chi connectivity index (χ0v) is 19.8. The van der Waals surface area contributed by atoms with E-state index in [1.807, 2.05) is 0 Å². The van der Waals surface area contributed by atoms with Crippen molar-refractivity contribution in [3.63, 3.8) is 0 Å². The Kier molecular flexibility index (Phi) is 7.71. The molecule has 1 aliphatic rings. The maximum Gasteiger partial charge on any atom is 0.261 e. The van der Waals surface area contributed by atoms with Crippen molar-refractivity contribution >= 4 is 56.7 Å². The van der Waals surface area contributed by atoms with Gasteiger partial charge in [0.25, 0.3) is 5.91 Å². The van der Waals surface area contributed by atoms with Crippen molar-refractivity contribution in [2.24, 2.45) is 7.05 Å². The molecule has 1 amide bonds. The number of hydrogen-bond donors (Lipinski definition) is 3. The third-order valence-corrected chi connectivity index (χ3v) is 7.46. The van der Waals surface area contributed by atoms with Gasteiger partial charge in [-0.15, -0.1) is 0 Å². The molecule has 0 saturated heterocycles. The van der Waals surface area contributed by atoms with Crippen molar-refractivity contribution < 1.29 is 14.3 Å². The number of nitrogen functional groups attached to an aromatic ring is 1. The van der Waals surface area contributed by atoms with E-state index < -0.39 is 17.3 Å². The van der Waals surface area contributed by atoms with Gasteiger partial charge < -0.3 is 16.2 Å². The van der Waals surface area contributed by atoms with E-state index in [-0.39, 0.29) is 16.8 Å². The van der Waals surface area contributed by atoms with E-state index in [2.05, 4.69) is 26.3 Å². The SMILES string of the molecule is Cn1nc(C2CCC(O)(CSCCCBr)C2)c(C(=O)Nc2ccc(F)c(Cl)c2)c1N. The molecule has 1 aromatic carbocycles. The van der Waals surface area contributed by atoms with Gasteiger partial charge >= 0.3 is 0 Å². The smallest absolute Gasteiger partial charge is 0.261 e. The Morgan fingerprint density at radius 1 is 1.57 bits per heavy atom. The standard InChI is InChI=1S/C20H25BrClFN4O2S/c1-27-18(24)16(19(28)25-13-3-4-15(23)14(22)9-13)17(26-27)12-5-6-20(29,10-12)11-30-8-2-7-21/h3-4,9,12,29H,2,5-8,10-11,24H2,1H3,(H,25,28). The molecule has 2 aromatic rings. The van der Waals surface area contributed by atoms with E-state index in [0.717, 1.165) is 23.9 Å². The number of rotatable bonds is 8. The zero-order valence-electron chi connectivity index (χ0n) is 16.6. The van der Waals surface area contributed by atoms with Crippen LogP contribution in [-0.2, 0) is 7.05 Å². The molecule has 1 heterocycles. The maximum atomic E-state index is 13.4. The average Bonchev–Trinajstić information content (AvgIpc) is 3.23. The zero-order chi connectivity index (χ0) is 21.9. The minimum atomic E-state index is -0.772. The number of nitrogens with one attached hydrogen (secondary N) is 1. The number of alkyl halides is 1. The summed E-state index contributed by atoms with van der Waals surface area (Å²) in [5, 5.41) is 19.0. The molecule has 30 heavy (non-hydrogen) atoms. The molecule has 1 aromatic heterocycles. The lowest BCUT2D eigenvalue weighted by Gasteiger charge is -2.22. The second kappa shape index (κ2) is 9.89. The summed E-state index contributed by atoms with van der Waals surface area (Å²) in [6.45, 7) is 0. The molecule has 1 saturated carbocycles. The number of thioether (sulfide) groups is 1. The Bertz CT molecular complexity index is 928. The van der Waals surface area contributed by atoms with Crippen LogP contribution < -0.4 is 11.1 Å². The van der Waals surface area contributed by atoms with E-state index >= 15 is 0 Å². The van der Waals surface area contributed by atoms with Gasteiger partial charge in [0.2, 0.25) is 0 Å². The summed E-state index contributed by atoms with van der Waals surface area (Å²) >= 11 is 11.0. The monoisotopic (exact) mass is 518 g/mol. The fourth-order valence-corrected chi connectivity index (χ4v) is 5.70. The number of hydrogen-bond acceptors (Lipinski definition) is 5. The van der Waals surface area contributed by atoms with Crippen LogP contribution in [0.1, 0.15) is 47.7 Å². The Morgan fingerprint density at radius 2 is 2.33 bits per heavy atom. The third kappa shape index (κ3) is 5.30. The molecule has 0 bridgehead atoms. The Hall–Kier alpha value is -1.29. The molecular formula is C20H25BrClFN4O2S. The number of carbonyl (C=O) groups is 1. The number of aromatic nitrogens is 2. The summed E-state index contributed by atoms with van der Waals surface area (Å²) in [7, 11) is 1.68. The molecule has 2 atom stereocenters. The summed E-state index contributed by atoms with van der Waals surface area (Å²) in [6.07, 6.45) is 2.98. The van der Waals surface area contributed by atoms with E-state index in [1.54, 1.807) is 18.8 Å². The maximum absolute atomic E-state index is 13.4. The second-order valence-corrected chi connectivity index (χ2v) is 9.92. The van der Waals surface area contributed by atoms with Crippen LogP contribution in [0, 0.1) is 5.82 Å². The van der Waals surface area contributed by atoms with Gasteiger partial charge in [-0.05, 0) is 49.6 Å². The number of anilines is 2. The first-order valence-corrected chi connectivity index (χ1v) is 12.3. The lowest BCUT2D eigenvalue weighted by atomic mass is 9.96. The van der Waals surface area contributed by atoms with Gasteiger partial charge in [-0.1, -0.05) is 27.5 Å². The van der Waals surface area contributed by atoms with E-state index in [1.165, 1.54) is 22.9 Å². The predicted octanol–water partition coefficient (Wildman–Crippen LogP) is 4.56. The Morgan fingerprint density at radius 3 is 3.03 bits per heavy atom. The summed E-state index contributed by atoms with van der Waals surface area (Å²) in [5.41, 5.74) is 6.62. The van der Waals surface area contributed by atoms with Crippen LogP contribution in [-0.4, -0.2) is 43.2 Å². The van der Waals surface area contributed by atoms with Crippen molar-refractivity contribution in [2.75, 3.05) is 27.9 Å². The third-order valence-electron chi connectivity index (χ3n) is 5.29. The van der Waals surface area contributed by atoms with Crippen LogP contribution in [0.4, 0.5) is 15.9 Å². The number of carbonyl (C=O) groups excluding carboxylic acids is 1. The molecule has 2 unspecified atom stereocenters. The molecule has 4 N–H and O–H groups in total. The van der Waals surface area contributed by atoms with Crippen LogP contribution in [0.2, 0.25) is 5.02 Å².